The number of fused-ring (bicyclic) bond motifs is 1. The Balaban J connectivity index is 1.87. The summed E-state index contributed by atoms with van der Waals surface area (Å²) in [6.45, 7) is 1.53. The number of nitrogens with one attached hydrogen (secondary N) is 1. The second kappa shape index (κ2) is 7.51. The molecule has 2 aromatic carbocycles. The number of esters is 1. The van der Waals surface area contributed by atoms with Crippen molar-refractivity contribution in [3.8, 4) is 5.75 Å². The molecule has 1 aliphatic heterocycles. The molecule has 9 heteroatoms. The van der Waals surface area contributed by atoms with E-state index in [9.17, 15) is 18.0 Å². The summed E-state index contributed by atoms with van der Waals surface area (Å²) >= 11 is 0. The number of benzene rings is 2. The summed E-state index contributed by atoms with van der Waals surface area (Å²) < 4.78 is 35.9. The molecule has 0 aromatic heterocycles. The van der Waals surface area contributed by atoms with Crippen LogP contribution in [0, 0.1) is 6.92 Å². The highest BCUT2D eigenvalue weighted by molar-refractivity contribution is 7.92. The van der Waals surface area contributed by atoms with Gasteiger partial charge in [0.1, 0.15) is 5.75 Å². The number of carbonyl (C=O) groups is 2. The summed E-state index contributed by atoms with van der Waals surface area (Å²) in [5, 5.41) is 2.71. The molecule has 1 N–H and O–H groups in total. The molecule has 8 nitrogen and oxygen atoms in total. The molecular weight excluding hydrogens is 384 g/mol. The van der Waals surface area contributed by atoms with Gasteiger partial charge in [-0.1, -0.05) is 18.2 Å². The quantitative estimate of drug-likeness (QED) is 0.782. The van der Waals surface area contributed by atoms with Crippen LogP contribution >= 0.6 is 0 Å². The average molecular weight is 404 g/mol. The van der Waals surface area contributed by atoms with Crippen LogP contribution in [0.4, 0.5) is 11.4 Å². The maximum Gasteiger partial charge on any atom is 0.338 e. The molecule has 3 rings (SSSR count). The molecule has 148 valence electrons. The third-order valence-corrected chi connectivity index (χ3v) is 5.57. The Kier molecular flexibility index (Phi) is 5.28. The van der Waals surface area contributed by atoms with Crippen molar-refractivity contribution >= 4 is 33.3 Å². The largest absolute Gasteiger partial charge is 0.476 e. The second-order valence-electron chi connectivity index (χ2n) is 6.33. The lowest BCUT2D eigenvalue weighted by molar-refractivity contribution is -0.122. The number of para-hydroxylation sites is 2. The highest BCUT2D eigenvalue weighted by Gasteiger charge is 2.35. The number of ether oxygens (including phenoxy) is 2. The predicted molar refractivity (Wildman–Crippen MR) is 104 cm³/mol. The summed E-state index contributed by atoms with van der Waals surface area (Å²) in [7, 11) is -2.32. The van der Waals surface area contributed by atoms with E-state index in [-0.39, 0.29) is 6.54 Å². The first kappa shape index (κ1) is 19.7. The van der Waals surface area contributed by atoms with Crippen LogP contribution in [0.3, 0.4) is 0 Å². The van der Waals surface area contributed by atoms with Gasteiger partial charge in [-0.25, -0.2) is 13.2 Å². The molecule has 1 amide bonds. The van der Waals surface area contributed by atoms with Crippen LogP contribution in [0.5, 0.6) is 5.75 Å². The lowest BCUT2D eigenvalue weighted by Crippen LogP contribution is -2.48. The average Bonchev–Trinajstić information content (AvgIpc) is 2.67. The van der Waals surface area contributed by atoms with Crippen molar-refractivity contribution in [2.45, 2.75) is 13.0 Å². The van der Waals surface area contributed by atoms with Crippen molar-refractivity contribution in [2.24, 2.45) is 0 Å². The molecule has 0 saturated heterocycles. The van der Waals surface area contributed by atoms with E-state index in [1.54, 1.807) is 49.4 Å². The Bertz CT molecular complexity index is 1030. The van der Waals surface area contributed by atoms with Crippen molar-refractivity contribution in [3.05, 3.63) is 53.6 Å². The zero-order valence-electron chi connectivity index (χ0n) is 15.6. The predicted octanol–water partition coefficient (Wildman–Crippen LogP) is 1.95. The van der Waals surface area contributed by atoms with E-state index >= 15 is 0 Å². The number of hydrogen-bond acceptors (Lipinski definition) is 6. The molecule has 1 aliphatic rings. The van der Waals surface area contributed by atoms with Gasteiger partial charge < -0.3 is 14.8 Å². The highest BCUT2D eigenvalue weighted by Crippen LogP contribution is 2.35. The molecule has 0 saturated carbocycles. The van der Waals surface area contributed by atoms with Crippen molar-refractivity contribution in [1.29, 1.82) is 0 Å². The fourth-order valence-electron chi connectivity index (χ4n) is 2.97. The lowest BCUT2D eigenvalue weighted by atomic mass is 10.1. The molecule has 28 heavy (non-hydrogen) atoms. The fourth-order valence-corrected chi connectivity index (χ4v) is 3.88. The molecule has 0 bridgehead atoms. The fraction of sp³-hybridized carbons (Fsp3) is 0.263. The topological polar surface area (TPSA) is 102 Å². The van der Waals surface area contributed by atoms with Gasteiger partial charge in [0, 0.05) is 5.69 Å². The minimum atomic E-state index is -3.60. The SMILES string of the molecule is COC(=O)c1cccc(NC(=O)C2CN(S(C)(=O)=O)c3ccccc3O2)c1C. The molecule has 0 radical (unpaired) electrons. The summed E-state index contributed by atoms with van der Waals surface area (Å²) in [4.78, 5) is 24.6. The zero-order valence-corrected chi connectivity index (χ0v) is 16.4. The Morgan fingerprint density at radius 3 is 2.57 bits per heavy atom. The number of carbonyl (C=O) groups excluding carboxylic acids is 2. The van der Waals surface area contributed by atoms with E-state index in [1.165, 1.54) is 7.11 Å². The molecule has 1 unspecified atom stereocenters. The molecule has 2 aromatic rings. The van der Waals surface area contributed by atoms with Gasteiger partial charge in [-0.15, -0.1) is 0 Å². The third kappa shape index (κ3) is 3.79. The van der Waals surface area contributed by atoms with Crippen LogP contribution in [-0.2, 0) is 19.6 Å². The lowest BCUT2D eigenvalue weighted by Gasteiger charge is -2.33. The van der Waals surface area contributed by atoms with E-state index in [0.717, 1.165) is 10.6 Å². The normalized spacial score (nSPS) is 16.0. The first-order valence-electron chi connectivity index (χ1n) is 8.44. The van der Waals surface area contributed by atoms with Crippen molar-refractivity contribution < 1.29 is 27.5 Å². The number of methoxy groups -OCH3 is 1. The summed E-state index contributed by atoms with van der Waals surface area (Å²) in [6.07, 6.45) is 0.0272. The number of sulfonamides is 1. The number of anilines is 2. The van der Waals surface area contributed by atoms with Gasteiger partial charge in [0.15, 0.2) is 6.10 Å². The maximum absolute atomic E-state index is 12.8. The Hall–Kier alpha value is -3.07. The van der Waals surface area contributed by atoms with Crippen LogP contribution in [0.2, 0.25) is 0 Å². The Labute approximate surface area is 163 Å². The van der Waals surface area contributed by atoms with Gasteiger partial charge in [0.25, 0.3) is 5.91 Å². The highest BCUT2D eigenvalue weighted by atomic mass is 32.2. The number of amides is 1. The van der Waals surface area contributed by atoms with E-state index < -0.39 is 28.0 Å². The van der Waals surface area contributed by atoms with Crippen LogP contribution in [-0.4, -0.2) is 46.3 Å². The van der Waals surface area contributed by atoms with E-state index in [2.05, 4.69) is 5.32 Å². The molecule has 0 spiro atoms. The van der Waals surface area contributed by atoms with Gasteiger partial charge in [-0.05, 0) is 36.8 Å². The first-order chi connectivity index (χ1) is 13.2. The zero-order chi connectivity index (χ0) is 20.5. The minimum Gasteiger partial charge on any atom is -0.476 e. The van der Waals surface area contributed by atoms with Gasteiger partial charge in [-0.2, -0.15) is 0 Å². The molecular formula is C19H20N2O6S. The summed E-state index contributed by atoms with van der Waals surface area (Å²) in [5.41, 5.74) is 1.67. The van der Waals surface area contributed by atoms with Gasteiger partial charge in [-0.3, -0.25) is 9.10 Å². The van der Waals surface area contributed by atoms with E-state index in [1.807, 2.05) is 0 Å². The first-order valence-corrected chi connectivity index (χ1v) is 10.3. The maximum atomic E-state index is 12.8. The molecule has 1 heterocycles. The van der Waals surface area contributed by atoms with Crippen LogP contribution in [0.15, 0.2) is 42.5 Å². The van der Waals surface area contributed by atoms with Crippen LogP contribution in [0.1, 0.15) is 15.9 Å². The van der Waals surface area contributed by atoms with Gasteiger partial charge >= 0.3 is 5.97 Å². The minimum absolute atomic E-state index is 0.155. The molecule has 0 aliphatic carbocycles. The standard InChI is InChI=1S/C19H20N2O6S/c1-12-13(19(23)26-2)7-6-8-14(12)20-18(22)17-11-21(28(3,24)25)15-9-4-5-10-16(15)27-17/h4-10,17H,11H2,1-3H3,(H,20,22). The molecule has 0 fully saturated rings. The smallest absolute Gasteiger partial charge is 0.338 e. The van der Waals surface area contributed by atoms with Crippen LogP contribution < -0.4 is 14.4 Å². The third-order valence-electron chi connectivity index (χ3n) is 4.42. The van der Waals surface area contributed by atoms with Crippen molar-refractivity contribution in [1.82, 2.24) is 0 Å². The molecule has 1 atom stereocenters. The monoisotopic (exact) mass is 404 g/mol. The van der Waals surface area contributed by atoms with E-state index in [0.29, 0.717) is 28.3 Å². The summed E-state index contributed by atoms with van der Waals surface area (Å²) in [6, 6.07) is 11.5. The van der Waals surface area contributed by atoms with Crippen molar-refractivity contribution in [2.75, 3.05) is 29.5 Å². The van der Waals surface area contributed by atoms with Gasteiger partial charge in [0.05, 0.1) is 31.2 Å². The summed E-state index contributed by atoms with van der Waals surface area (Å²) in [5.74, 6) is -0.729. The van der Waals surface area contributed by atoms with E-state index in [4.69, 9.17) is 9.47 Å². The Morgan fingerprint density at radius 1 is 1.18 bits per heavy atom. The second-order valence-corrected chi connectivity index (χ2v) is 8.23. The van der Waals surface area contributed by atoms with Crippen LogP contribution in [0.25, 0.3) is 0 Å². The number of hydrogen-bond donors (Lipinski definition) is 1. The number of rotatable bonds is 4. The van der Waals surface area contributed by atoms with Gasteiger partial charge in [0.2, 0.25) is 10.0 Å². The number of nitrogens with zero attached hydrogens (tertiary/aromatic N) is 1. The van der Waals surface area contributed by atoms with Crippen molar-refractivity contribution in [3.63, 3.8) is 0 Å². The Morgan fingerprint density at radius 2 is 1.89 bits per heavy atom.